The van der Waals surface area contributed by atoms with Crippen LogP contribution in [0.3, 0.4) is 0 Å². The van der Waals surface area contributed by atoms with Crippen LogP contribution in [-0.4, -0.2) is 54.0 Å². The van der Waals surface area contributed by atoms with Gasteiger partial charge in [0.25, 0.3) is 0 Å². The summed E-state index contributed by atoms with van der Waals surface area (Å²) in [5, 5.41) is 13.9. The Morgan fingerprint density at radius 1 is 1.30 bits per heavy atom. The van der Waals surface area contributed by atoms with Crippen LogP contribution in [0, 0.1) is 0 Å². The summed E-state index contributed by atoms with van der Waals surface area (Å²) >= 11 is 1.55. The Hall–Kier alpha value is -1.28. The van der Waals surface area contributed by atoms with Crippen LogP contribution in [0.5, 0.6) is 0 Å². The molecule has 0 aliphatic heterocycles. The molecule has 0 radical (unpaired) electrons. The van der Waals surface area contributed by atoms with Crippen LogP contribution in [0.1, 0.15) is 25.7 Å². The van der Waals surface area contributed by atoms with Crippen LogP contribution in [0.2, 0.25) is 0 Å². The number of nitrogens with one attached hydrogen (secondary N) is 2. The normalized spacial score (nSPS) is 13.3. The number of carboxylic acid groups (broad SMARTS) is 1. The number of thioether (sulfide) groups is 1. The highest BCUT2D eigenvalue weighted by atomic mass is 32.2. The van der Waals surface area contributed by atoms with Gasteiger partial charge in [-0.15, -0.1) is 0 Å². The molecule has 0 aliphatic rings. The quantitative estimate of drug-likeness (QED) is 0.286. The van der Waals surface area contributed by atoms with Crippen molar-refractivity contribution in [2.24, 2.45) is 5.73 Å². The van der Waals surface area contributed by atoms with Crippen molar-refractivity contribution in [2.75, 3.05) is 18.6 Å². The highest BCUT2D eigenvalue weighted by Gasteiger charge is 2.24. The summed E-state index contributed by atoms with van der Waals surface area (Å²) in [5.41, 5.74) is 5.35. The van der Waals surface area contributed by atoms with E-state index in [1.807, 2.05) is 6.26 Å². The molecule has 0 aliphatic carbocycles. The fourth-order valence-corrected chi connectivity index (χ4v) is 2.10. The van der Waals surface area contributed by atoms with E-state index >= 15 is 0 Å². The molecule has 0 fully saturated rings. The number of hydrogen-bond donors (Lipinski definition) is 4. The zero-order valence-corrected chi connectivity index (χ0v) is 12.4. The summed E-state index contributed by atoms with van der Waals surface area (Å²) in [6.07, 6.45) is 4.47. The molecule has 0 bridgehead atoms. The van der Waals surface area contributed by atoms with Crippen molar-refractivity contribution in [1.82, 2.24) is 10.6 Å². The summed E-state index contributed by atoms with van der Waals surface area (Å²) in [7, 11) is 0. The average molecular weight is 305 g/mol. The Kier molecular flexibility index (Phi) is 10.8. The van der Waals surface area contributed by atoms with Crippen LogP contribution in [-0.2, 0) is 14.4 Å². The maximum atomic E-state index is 12.0. The Labute approximate surface area is 123 Å². The molecule has 2 amide bonds. The predicted octanol–water partition coefficient (Wildman–Crippen LogP) is -0.447. The van der Waals surface area contributed by atoms with Gasteiger partial charge < -0.3 is 21.5 Å². The Balaban J connectivity index is 4.44. The zero-order chi connectivity index (χ0) is 15.4. The van der Waals surface area contributed by atoms with E-state index in [9.17, 15) is 14.4 Å². The van der Waals surface area contributed by atoms with Crippen LogP contribution >= 0.6 is 11.8 Å². The van der Waals surface area contributed by atoms with Crippen molar-refractivity contribution in [3.63, 3.8) is 0 Å². The summed E-state index contributed by atoms with van der Waals surface area (Å²) in [6.45, 7) is 0.489. The molecule has 5 N–H and O–H groups in total. The molecule has 0 aromatic rings. The monoisotopic (exact) mass is 305 g/mol. The molecule has 0 aromatic heterocycles. The lowest BCUT2D eigenvalue weighted by atomic mass is 10.1. The highest BCUT2D eigenvalue weighted by molar-refractivity contribution is 7.98. The van der Waals surface area contributed by atoms with Crippen LogP contribution in [0.4, 0.5) is 0 Å². The van der Waals surface area contributed by atoms with E-state index in [2.05, 4.69) is 10.6 Å². The van der Waals surface area contributed by atoms with Gasteiger partial charge in [-0.25, -0.2) is 4.79 Å². The molecule has 8 heteroatoms. The SMILES string of the molecule is CSCCC(NC=O)C(=O)NC(CCCCN)C(=O)O. The summed E-state index contributed by atoms with van der Waals surface area (Å²) in [4.78, 5) is 33.5. The van der Waals surface area contributed by atoms with Gasteiger partial charge in [0.15, 0.2) is 0 Å². The Morgan fingerprint density at radius 3 is 2.50 bits per heavy atom. The lowest BCUT2D eigenvalue weighted by molar-refractivity contribution is -0.142. The molecule has 0 heterocycles. The molecular weight excluding hydrogens is 282 g/mol. The van der Waals surface area contributed by atoms with Gasteiger partial charge in [-0.1, -0.05) is 0 Å². The molecule has 0 spiro atoms. The number of rotatable bonds is 12. The number of nitrogens with two attached hydrogens (primary N) is 1. The minimum Gasteiger partial charge on any atom is -0.480 e. The Morgan fingerprint density at radius 2 is 2.00 bits per heavy atom. The van der Waals surface area contributed by atoms with Crippen molar-refractivity contribution in [2.45, 2.75) is 37.8 Å². The smallest absolute Gasteiger partial charge is 0.326 e. The minimum absolute atomic E-state index is 0.328. The van der Waals surface area contributed by atoms with Crippen molar-refractivity contribution in [1.29, 1.82) is 0 Å². The molecule has 0 saturated heterocycles. The van der Waals surface area contributed by atoms with Gasteiger partial charge in [0.2, 0.25) is 12.3 Å². The third-order valence-corrected chi connectivity index (χ3v) is 3.40. The van der Waals surface area contributed by atoms with E-state index in [0.29, 0.717) is 44.4 Å². The first-order valence-electron chi connectivity index (χ1n) is 6.48. The molecule has 116 valence electrons. The van der Waals surface area contributed by atoms with Crippen molar-refractivity contribution >= 4 is 30.0 Å². The van der Waals surface area contributed by atoms with Gasteiger partial charge in [-0.3, -0.25) is 9.59 Å². The maximum Gasteiger partial charge on any atom is 0.326 e. The van der Waals surface area contributed by atoms with Gasteiger partial charge in [0.1, 0.15) is 12.1 Å². The Bertz CT molecular complexity index is 315. The standard InChI is InChI=1S/C12H23N3O4S/c1-20-7-5-9(14-8-16)11(17)15-10(12(18)19)4-2-3-6-13/h8-10H,2-7,13H2,1H3,(H,14,16)(H,15,17)(H,18,19). The van der Waals surface area contributed by atoms with E-state index in [1.54, 1.807) is 11.8 Å². The zero-order valence-electron chi connectivity index (χ0n) is 11.6. The second-order valence-electron chi connectivity index (χ2n) is 4.30. The molecule has 2 atom stereocenters. The van der Waals surface area contributed by atoms with E-state index < -0.39 is 24.0 Å². The molecule has 20 heavy (non-hydrogen) atoms. The van der Waals surface area contributed by atoms with Crippen LogP contribution in [0.15, 0.2) is 0 Å². The first kappa shape index (κ1) is 18.7. The fraction of sp³-hybridized carbons (Fsp3) is 0.750. The van der Waals surface area contributed by atoms with Crippen LogP contribution < -0.4 is 16.4 Å². The lowest BCUT2D eigenvalue weighted by Gasteiger charge is -2.19. The predicted molar refractivity (Wildman–Crippen MR) is 78.5 cm³/mol. The molecule has 7 nitrogen and oxygen atoms in total. The minimum atomic E-state index is -1.08. The average Bonchev–Trinajstić information content (AvgIpc) is 2.42. The maximum absolute atomic E-state index is 12.0. The molecular formula is C12H23N3O4S. The van der Waals surface area contributed by atoms with Crippen molar-refractivity contribution < 1.29 is 19.5 Å². The molecule has 2 unspecified atom stereocenters. The number of hydrogen-bond acceptors (Lipinski definition) is 5. The third kappa shape index (κ3) is 8.00. The van der Waals surface area contributed by atoms with Gasteiger partial charge >= 0.3 is 5.97 Å². The van der Waals surface area contributed by atoms with Crippen molar-refractivity contribution in [3.8, 4) is 0 Å². The van der Waals surface area contributed by atoms with Gasteiger partial charge in [-0.2, -0.15) is 11.8 Å². The largest absolute Gasteiger partial charge is 0.480 e. The number of carbonyl (C=O) groups is 3. The van der Waals surface area contributed by atoms with E-state index in [1.165, 1.54) is 0 Å². The second-order valence-corrected chi connectivity index (χ2v) is 5.29. The summed E-state index contributed by atoms with van der Waals surface area (Å²) in [5.74, 6) is -0.847. The third-order valence-electron chi connectivity index (χ3n) is 2.76. The summed E-state index contributed by atoms with van der Waals surface area (Å²) < 4.78 is 0. The molecule has 0 rings (SSSR count). The first-order valence-corrected chi connectivity index (χ1v) is 7.88. The van der Waals surface area contributed by atoms with Gasteiger partial charge in [0, 0.05) is 0 Å². The van der Waals surface area contributed by atoms with E-state index in [4.69, 9.17) is 10.8 Å². The number of carboxylic acids is 1. The topological polar surface area (TPSA) is 122 Å². The molecule has 0 saturated carbocycles. The fourth-order valence-electron chi connectivity index (χ4n) is 1.63. The molecule has 0 aromatic carbocycles. The first-order chi connectivity index (χ1) is 9.56. The van der Waals surface area contributed by atoms with E-state index in [-0.39, 0.29) is 0 Å². The van der Waals surface area contributed by atoms with Gasteiger partial charge in [-0.05, 0) is 44.2 Å². The van der Waals surface area contributed by atoms with E-state index in [0.717, 1.165) is 0 Å². The number of carbonyl (C=O) groups excluding carboxylic acids is 2. The number of amides is 2. The van der Waals surface area contributed by atoms with Crippen LogP contribution in [0.25, 0.3) is 0 Å². The van der Waals surface area contributed by atoms with Gasteiger partial charge in [0.05, 0.1) is 0 Å². The number of aliphatic carboxylic acids is 1. The lowest BCUT2D eigenvalue weighted by Crippen LogP contribution is -2.50. The summed E-state index contributed by atoms with van der Waals surface area (Å²) in [6, 6.07) is -1.64. The highest BCUT2D eigenvalue weighted by Crippen LogP contribution is 2.04. The second kappa shape index (κ2) is 11.5. The van der Waals surface area contributed by atoms with Crippen molar-refractivity contribution in [3.05, 3.63) is 0 Å². The number of unbranched alkanes of at least 4 members (excludes halogenated alkanes) is 1.